The largest absolute Gasteiger partial charge is 0.378 e. The van der Waals surface area contributed by atoms with Crippen molar-refractivity contribution in [2.24, 2.45) is 0 Å². The summed E-state index contributed by atoms with van der Waals surface area (Å²) in [4.78, 5) is 30.6. The highest BCUT2D eigenvalue weighted by molar-refractivity contribution is 8.03. The Morgan fingerprint density at radius 1 is 0.800 bits per heavy atom. The number of imide groups is 1. The molecular weight excluding hydrogens is 392 g/mol. The second-order valence-corrected chi connectivity index (χ2v) is 8.19. The quantitative estimate of drug-likeness (QED) is 0.534. The van der Waals surface area contributed by atoms with Crippen molar-refractivity contribution in [3.63, 3.8) is 0 Å². The van der Waals surface area contributed by atoms with Gasteiger partial charge in [0.2, 0.25) is 0 Å². The van der Waals surface area contributed by atoms with Crippen LogP contribution in [0.1, 0.15) is 11.1 Å². The molecular formula is C25H22N2O2S. The van der Waals surface area contributed by atoms with Crippen LogP contribution in [0, 0.1) is 0 Å². The minimum absolute atomic E-state index is 0.268. The van der Waals surface area contributed by atoms with Gasteiger partial charge in [-0.25, -0.2) is 4.90 Å². The van der Waals surface area contributed by atoms with E-state index in [1.807, 2.05) is 97.9 Å². The summed E-state index contributed by atoms with van der Waals surface area (Å²) in [5, 5.41) is 0. The molecule has 0 aliphatic carbocycles. The lowest BCUT2D eigenvalue weighted by atomic mass is 10.1. The van der Waals surface area contributed by atoms with Gasteiger partial charge in [-0.05, 0) is 29.3 Å². The number of hydrogen-bond acceptors (Lipinski definition) is 4. The molecule has 0 fully saturated rings. The molecule has 30 heavy (non-hydrogen) atoms. The fraction of sp³-hybridized carbons (Fsp3) is 0.120. The number of amides is 2. The van der Waals surface area contributed by atoms with Crippen LogP contribution < -0.4 is 9.80 Å². The van der Waals surface area contributed by atoms with Crippen molar-refractivity contribution < 1.29 is 9.59 Å². The lowest BCUT2D eigenvalue weighted by molar-refractivity contribution is -0.119. The van der Waals surface area contributed by atoms with Crippen LogP contribution in [0.5, 0.6) is 0 Å². The third kappa shape index (κ3) is 3.89. The topological polar surface area (TPSA) is 40.6 Å². The van der Waals surface area contributed by atoms with Gasteiger partial charge < -0.3 is 4.90 Å². The molecule has 1 heterocycles. The molecule has 5 heteroatoms. The maximum absolute atomic E-state index is 13.4. The Hall–Kier alpha value is -3.31. The van der Waals surface area contributed by atoms with Crippen molar-refractivity contribution in [1.82, 2.24) is 0 Å². The van der Waals surface area contributed by atoms with Gasteiger partial charge in [0.25, 0.3) is 11.8 Å². The maximum atomic E-state index is 13.4. The Bertz CT molecular complexity index is 1110. The molecule has 0 radical (unpaired) electrons. The molecule has 0 N–H and O–H groups in total. The second kappa shape index (κ2) is 8.59. The highest BCUT2D eigenvalue weighted by Gasteiger charge is 2.40. The van der Waals surface area contributed by atoms with Crippen molar-refractivity contribution in [1.29, 1.82) is 0 Å². The smallest absolute Gasteiger partial charge is 0.272 e. The van der Waals surface area contributed by atoms with Gasteiger partial charge in [-0.1, -0.05) is 66.7 Å². The molecule has 0 spiro atoms. The Labute approximate surface area is 180 Å². The number of nitrogens with zero attached hydrogens (tertiary/aromatic N) is 2. The molecule has 2 amide bonds. The van der Waals surface area contributed by atoms with E-state index in [2.05, 4.69) is 0 Å². The van der Waals surface area contributed by atoms with Crippen LogP contribution in [0.25, 0.3) is 5.57 Å². The van der Waals surface area contributed by atoms with Crippen molar-refractivity contribution in [2.45, 2.75) is 5.75 Å². The van der Waals surface area contributed by atoms with E-state index in [0.717, 1.165) is 16.8 Å². The monoisotopic (exact) mass is 414 g/mol. The first-order valence-corrected chi connectivity index (χ1v) is 10.7. The number of carbonyl (C=O) groups excluding carboxylic acids is 2. The van der Waals surface area contributed by atoms with Gasteiger partial charge in [-0.15, -0.1) is 11.8 Å². The van der Waals surface area contributed by atoms with Gasteiger partial charge in [0.1, 0.15) is 0 Å². The van der Waals surface area contributed by atoms with Crippen LogP contribution in [0.2, 0.25) is 0 Å². The van der Waals surface area contributed by atoms with Gasteiger partial charge in [0.15, 0.2) is 0 Å². The lowest BCUT2D eigenvalue weighted by Crippen LogP contribution is -2.31. The molecule has 150 valence electrons. The van der Waals surface area contributed by atoms with Gasteiger partial charge >= 0.3 is 0 Å². The number of carbonyl (C=O) groups is 2. The first kappa shape index (κ1) is 20.0. The van der Waals surface area contributed by atoms with Gasteiger partial charge in [-0.2, -0.15) is 0 Å². The summed E-state index contributed by atoms with van der Waals surface area (Å²) in [6.07, 6.45) is 0. The van der Waals surface area contributed by atoms with Crippen LogP contribution >= 0.6 is 11.8 Å². The molecule has 1 aliphatic rings. The summed E-state index contributed by atoms with van der Waals surface area (Å²) in [5.74, 6) is 0.0743. The third-order valence-corrected chi connectivity index (χ3v) is 6.08. The van der Waals surface area contributed by atoms with Crippen LogP contribution in [-0.2, 0) is 15.3 Å². The van der Waals surface area contributed by atoms with Crippen LogP contribution in [0.4, 0.5) is 11.4 Å². The standard InChI is InChI=1S/C25H22N2O2S/c1-26(2)20-14-9-15-21(16-20)27-24(28)22(19-12-7-4-8-13-19)23(25(27)29)30-17-18-10-5-3-6-11-18/h3-16H,17H2,1-2H3. The second-order valence-electron chi connectivity index (χ2n) is 7.20. The molecule has 0 unspecified atom stereocenters. The predicted octanol–water partition coefficient (Wildman–Crippen LogP) is 4.97. The zero-order valence-electron chi connectivity index (χ0n) is 16.9. The SMILES string of the molecule is CN(C)c1cccc(N2C(=O)C(SCc3ccccc3)=C(c3ccccc3)C2=O)c1. The van der Waals surface area contributed by atoms with Gasteiger partial charge in [-0.3, -0.25) is 9.59 Å². The van der Waals surface area contributed by atoms with E-state index in [4.69, 9.17) is 0 Å². The zero-order chi connectivity index (χ0) is 21.1. The molecule has 0 saturated carbocycles. The third-order valence-electron chi connectivity index (χ3n) is 4.93. The van der Waals surface area contributed by atoms with Crippen LogP contribution in [-0.4, -0.2) is 25.9 Å². The van der Waals surface area contributed by atoms with E-state index in [-0.39, 0.29) is 11.8 Å². The highest BCUT2D eigenvalue weighted by atomic mass is 32.2. The summed E-state index contributed by atoms with van der Waals surface area (Å²) < 4.78 is 0. The van der Waals surface area contributed by atoms with E-state index in [1.54, 1.807) is 6.07 Å². The van der Waals surface area contributed by atoms with Crippen molar-refractivity contribution in [3.05, 3.63) is 101 Å². The number of thioether (sulfide) groups is 1. The van der Waals surface area contributed by atoms with Crippen molar-refractivity contribution >= 4 is 40.5 Å². The van der Waals surface area contributed by atoms with Crippen LogP contribution in [0.15, 0.2) is 89.8 Å². The summed E-state index contributed by atoms with van der Waals surface area (Å²) >= 11 is 1.42. The number of hydrogen-bond donors (Lipinski definition) is 0. The normalized spacial score (nSPS) is 13.9. The molecule has 0 atom stereocenters. The van der Waals surface area contributed by atoms with E-state index in [0.29, 0.717) is 21.9 Å². The Morgan fingerprint density at radius 3 is 2.13 bits per heavy atom. The molecule has 3 aromatic carbocycles. The average molecular weight is 415 g/mol. The zero-order valence-corrected chi connectivity index (χ0v) is 17.7. The Morgan fingerprint density at radius 2 is 1.47 bits per heavy atom. The minimum atomic E-state index is -0.280. The fourth-order valence-corrected chi connectivity index (χ4v) is 4.45. The number of anilines is 2. The molecule has 0 saturated heterocycles. The molecule has 4 rings (SSSR count). The maximum Gasteiger partial charge on any atom is 0.272 e. The van der Waals surface area contributed by atoms with E-state index < -0.39 is 0 Å². The molecule has 4 nitrogen and oxygen atoms in total. The molecule has 1 aliphatic heterocycles. The van der Waals surface area contributed by atoms with Crippen LogP contribution in [0.3, 0.4) is 0 Å². The van der Waals surface area contributed by atoms with E-state index >= 15 is 0 Å². The first-order chi connectivity index (χ1) is 14.6. The molecule has 0 bridgehead atoms. The fourth-order valence-electron chi connectivity index (χ4n) is 3.38. The first-order valence-electron chi connectivity index (χ1n) is 9.69. The number of benzene rings is 3. The average Bonchev–Trinajstić information content (AvgIpc) is 3.03. The highest BCUT2D eigenvalue weighted by Crippen LogP contribution is 2.40. The van der Waals surface area contributed by atoms with Crippen molar-refractivity contribution in [2.75, 3.05) is 23.9 Å². The summed E-state index contributed by atoms with van der Waals surface area (Å²) in [6, 6.07) is 26.9. The summed E-state index contributed by atoms with van der Waals surface area (Å²) in [7, 11) is 3.86. The Balaban J connectivity index is 1.73. The van der Waals surface area contributed by atoms with Crippen molar-refractivity contribution in [3.8, 4) is 0 Å². The van der Waals surface area contributed by atoms with E-state index in [9.17, 15) is 9.59 Å². The van der Waals surface area contributed by atoms with Gasteiger partial charge in [0, 0.05) is 25.5 Å². The summed E-state index contributed by atoms with van der Waals surface area (Å²) in [6.45, 7) is 0. The van der Waals surface area contributed by atoms with E-state index in [1.165, 1.54) is 16.7 Å². The predicted molar refractivity (Wildman–Crippen MR) is 124 cm³/mol. The summed E-state index contributed by atoms with van der Waals surface area (Å²) in [5.41, 5.74) is 3.85. The lowest BCUT2D eigenvalue weighted by Gasteiger charge is -2.19. The Kier molecular flexibility index (Phi) is 5.72. The van der Waals surface area contributed by atoms with Gasteiger partial charge in [0.05, 0.1) is 16.2 Å². The number of rotatable bonds is 6. The minimum Gasteiger partial charge on any atom is -0.378 e. The molecule has 3 aromatic rings. The molecule has 0 aromatic heterocycles.